The molecule has 1 heterocycles. The molecule has 1 aromatic heterocycles. The molecule has 4 rings (SSSR count). The molecule has 1 atom stereocenters. The average molecular weight is 407 g/mol. The fourth-order valence-electron chi connectivity index (χ4n) is 3.53. The number of aryl methyl sites for hydroxylation is 1. The highest BCUT2D eigenvalue weighted by molar-refractivity contribution is 5.86. The number of alkyl carbamates (subject to hydrolysis) is 1. The quantitative estimate of drug-likeness (QED) is 0.395. The minimum atomic E-state index is -0.920. The molecule has 7 heteroatoms. The van der Waals surface area contributed by atoms with Crippen molar-refractivity contribution in [3.05, 3.63) is 75.6 Å². The van der Waals surface area contributed by atoms with Crippen molar-refractivity contribution in [1.29, 1.82) is 0 Å². The fourth-order valence-corrected chi connectivity index (χ4v) is 3.53. The molecule has 0 unspecified atom stereocenters. The maximum Gasteiger partial charge on any atom is 0.408 e. The third-order valence-corrected chi connectivity index (χ3v) is 5.06. The predicted octanol–water partition coefficient (Wildman–Crippen LogP) is 3.50. The minimum Gasteiger partial charge on any atom is -0.445 e. The highest BCUT2D eigenvalue weighted by Crippen LogP contribution is 2.29. The lowest BCUT2D eigenvalue weighted by Crippen LogP contribution is -2.41. The van der Waals surface area contributed by atoms with Crippen molar-refractivity contribution in [3.63, 3.8) is 0 Å². The number of carbonyl (C=O) groups is 2. The van der Waals surface area contributed by atoms with E-state index in [4.69, 9.17) is 13.9 Å². The summed E-state index contributed by atoms with van der Waals surface area (Å²) in [5, 5.41) is 3.30. The number of amides is 1. The van der Waals surface area contributed by atoms with Crippen molar-refractivity contribution in [3.8, 4) is 5.75 Å². The zero-order valence-corrected chi connectivity index (χ0v) is 16.5. The molecule has 3 aromatic rings. The van der Waals surface area contributed by atoms with Gasteiger partial charge >= 0.3 is 17.7 Å². The van der Waals surface area contributed by atoms with Gasteiger partial charge in [0.25, 0.3) is 0 Å². The Hall–Kier alpha value is -3.61. The number of fused-ring (bicyclic) bond motifs is 3. The highest BCUT2D eigenvalue weighted by Gasteiger charge is 2.22. The van der Waals surface area contributed by atoms with Crippen molar-refractivity contribution in [1.82, 2.24) is 5.32 Å². The molecule has 0 saturated carbocycles. The van der Waals surface area contributed by atoms with E-state index in [-0.39, 0.29) is 18.0 Å². The minimum absolute atomic E-state index is 0.0997. The summed E-state index contributed by atoms with van der Waals surface area (Å²) in [6, 6.07) is 13.3. The number of rotatable bonds is 5. The first-order valence-corrected chi connectivity index (χ1v) is 9.79. The molecular weight excluding hydrogens is 386 g/mol. The molecule has 7 nitrogen and oxygen atoms in total. The van der Waals surface area contributed by atoms with Gasteiger partial charge in [-0.1, -0.05) is 30.3 Å². The van der Waals surface area contributed by atoms with E-state index >= 15 is 0 Å². The summed E-state index contributed by atoms with van der Waals surface area (Å²) in [5.74, 6) is -0.422. The van der Waals surface area contributed by atoms with E-state index in [1.807, 2.05) is 30.3 Å². The zero-order valence-electron chi connectivity index (χ0n) is 16.5. The molecule has 1 aliphatic carbocycles. The van der Waals surface area contributed by atoms with Gasteiger partial charge in [0.15, 0.2) is 0 Å². The van der Waals surface area contributed by atoms with Crippen molar-refractivity contribution < 1.29 is 23.5 Å². The molecule has 30 heavy (non-hydrogen) atoms. The maximum atomic E-state index is 12.3. The van der Waals surface area contributed by atoms with Gasteiger partial charge in [-0.2, -0.15) is 0 Å². The van der Waals surface area contributed by atoms with Crippen LogP contribution in [0.1, 0.15) is 30.0 Å². The van der Waals surface area contributed by atoms with Crippen LogP contribution in [0.25, 0.3) is 11.0 Å². The molecule has 154 valence electrons. The van der Waals surface area contributed by atoms with Crippen molar-refractivity contribution in [2.45, 2.75) is 38.8 Å². The molecule has 1 N–H and O–H groups in total. The maximum absolute atomic E-state index is 12.3. The number of ether oxygens (including phenoxy) is 2. The van der Waals surface area contributed by atoms with Gasteiger partial charge in [-0.15, -0.1) is 0 Å². The van der Waals surface area contributed by atoms with E-state index in [1.165, 1.54) is 13.0 Å². The molecule has 0 saturated heterocycles. The van der Waals surface area contributed by atoms with Crippen LogP contribution < -0.4 is 15.7 Å². The SMILES string of the molecule is C[C@@H](NC(=O)OCc1ccccc1)C(=O)Oc1ccc2c3c(c(=O)oc2c1)CCC3. The molecule has 1 aliphatic rings. The van der Waals surface area contributed by atoms with Crippen LogP contribution in [0.5, 0.6) is 5.75 Å². The number of benzene rings is 2. The lowest BCUT2D eigenvalue weighted by molar-refractivity contribution is -0.136. The van der Waals surface area contributed by atoms with Crippen LogP contribution in [0.4, 0.5) is 4.79 Å². The van der Waals surface area contributed by atoms with Gasteiger partial charge in [-0.3, -0.25) is 0 Å². The first kappa shape index (κ1) is 19.7. The molecule has 2 aromatic carbocycles. The van der Waals surface area contributed by atoms with Crippen LogP contribution in [0.15, 0.2) is 57.7 Å². The summed E-state index contributed by atoms with van der Waals surface area (Å²) in [6.07, 6.45) is 1.78. The van der Waals surface area contributed by atoms with E-state index < -0.39 is 18.1 Å². The number of hydrogen-bond donors (Lipinski definition) is 1. The van der Waals surface area contributed by atoms with E-state index in [1.54, 1.807) is 12.1 Å². The zero-order chi connectivity index (χ0) is 21.1. The van der Waals surface area contributed by atoms with Crippen LogP contribution in [-0.2, 0) is 29.0 Å². The lowest BCUT2D eigenvalue weighted by atomic mass is 10.1. The second kappa shape index (κ2) is 8.41. The van der Waals surface area contributed by atoms with E-state index in [0.29, 0.717) is 5.58 Å². The number of nitrogens with one attached hydrogen (secondary N) is 1. The number of esters is 1. The number of carbonyl (C=O) groups excluding carboxylic acids is 2. The molecule has 0 radical (unpaired) electrons. The first-order valence-electron chi connectivity index (χ1n) is 9.79. The van der Waals surface area contributed by atoms with Crippen LogP contribution in [0.2, 0.25) is 0 Å². The predicted molar refractivity (Wildman–Crippen MR) is 109 cm³/mol. The summed E-state index contributed by atoms with van der Waals surface area (Å²) in [6.45, 7) is 1.60. The summed E-state index contributed by atoms with van der Waals surface area (Å²) < 4.78 is 15.8. The van der Waals surface area contributed by atoms with Crippen LogP contribution in [0.3, 0.4) is 0 Å². The molecule has 1 amide bonds. The van der Waals surface area contributed by atoms with E-state index in [9.17, 15) is 14.4 Å². The van der Waals surface area contributed by atoms with Crippen molar-refractivity contribution in [2.24, 2.45) is 0 Å². The van der Waals surface area contributed by atoms with Gasteiger partial charge in [0.05, 0.1) is 0 Å². The van der Waals surface area contributed by atoms with Crippen LogP contribution >= 0.6 is 0 Å². The third kappa shape index (κ3) is 4.20. The first-order chi connectivity index (χ1) is 14.5. The summed E-state index contributed by atoms with van der Waals surface area (Å²) in [5.41, 5.74) is 2.63. The largest absolute Gasteiger partial charge is 0.445 e. The van der Waals surface area contributed by atoms with Gasteiger partial charge in [0.2, 0.25) is 0 Å². The van der Waals surface area contributed by atoms with Crippen LogP contribution in [0, 0.1) is 0 Å². The Morgan fingerprint density at radius 1 is 1.10 bits per heavy atom. The lowest BCUT2D eigenvalue weighted by Gasteiger charge is -2.14. The van der Waals surface area contributed by atoms with Crippen molar-refractivity contribution >= 4 is 23.0 Å². The van der Waals surface area contributed by atoms with Gasteiger partial charge in [-0.05, 0) is 49.4 Å². The summed E-state index contributed by atoms with van der Waals surface area (Å²) >= 11 is 0. The molecule has 0 fully saturated rings. The topological polar surface area (TPSA) is 94.8 Å². The smallest absolute Gasteiger partial charge is 0.408 e. The molecule has 0 bridgehead atoms. The van der Waals surface area contributed by atoms with Gasteiger partial charge in [0.1, 0.15) is 24.0 Å². The molecular formula is C23H21NO6. The monoisotopic (exact) mass is 407 g/mol. The molecule has 0 aliphatic heterocycles. The van der Waals surface area contributed by atoms with Crippen molar-refractivity contribution in [2.75, 3.05) is 0 Å². The third-order valence-electron chi connectivity index (χ3n) is 5.06. The Morgan fingerprint density at radius 3 is 2.67 bits per heavy atom. The Kier molecular flexibility index (Phi) is 5.52. The van der Waals surface area contributed by atoms with Gasteiger partial charge < -0.3 is 19.2 Å². The van der Waals surface area contributed by atoms with Gasteiger partial charge in [0, 0.05) is 17.0 Å². The standard InChI is InChI=1S/C23H21NO6/c1-14(24-23(27)28-13-15-6-3-2-4-7-15)21(25)29-16-10-11-18-17-8-5-9-19(17)22(26)30-20(18)12-16/h2-4,6-7,10-12,14H,5,8-9,13H2,1H3,(H,24,27)/t14-/m1/s1. The van der Waals surface area contributed by atoms with E-state index in [2.05, 4.69) is 5.32 Å². The Labute approximate surface area is 172 Å². The Balaban J connectivity index is 1.38. The Bertz CT molecular complexity index is 1150. The summed E-state index contributed by atoms with van der Waals surface area (Å²) in [4.78, 5) is 36.4. The summed E-state index contributed by atoms with van der Waals surface area (Å²) in [7, 11) is 0. The van der Waals surface area contributed by atoms with E-state index in [0.717, 1.165) is 41.3 Å². The number of hydrogen-bond acceptors (Lipinski definition) is 6. The average Bonchev–Trinajstić information content (AvgIpc) is 3.24. The highest BCUT2D eigenvalue weighted by atomic mass is 16.6. The van der Waals surface area contributed by atoms with Gasteiger partial charge in [-0.25, -0.2) is 14.4 Å². The Morgan fingerprint density at radius 2 is 1.87 bits per heavy atom. The van der Waals surface area contributed by atoms with Crippen LogP contribution in [-0.4, -0.2) is 18.1 Å². The fraction of sp³-hybridized carbons (Fsp3) is 0.261. The normalized spacial score (nSPS) is 13.5. The second-order valence-electron chi connectivity index (χ2n) is 7.21. The molecule has 0 spiro atoms. The second-order valence-corrected chi connectivity index (χ2v) is 7.21.